The van der Waals surface area contributed by atoms with Gasteiger partial charge in [0.2, 0.25) is 5.88 Å². The number of nitrogens with zero attached hydrogens (tertiary/aromatic N) is 4. The number of aryl methyl sites for hydroxylation is 1. The van der Waals surface area contributed by atoms with Crippen molar-refractivity contribution in [2.75, 3.05) is 49.6 Å². The Hall–Kier alpha value is -3.86. The van der Waals surface area contributed by atoms with Gasteiger partial charge < -0.3 is 25.0 Å². The standard InChI is InChI=1S/C28H30F3N5O3/c1-18-2-3-22(33-27(38)36-7-5-19(17-36)16-28(29,30)31)15-23(18)21-12-24(20-4-6-32-26(37)14-20)34-25(13-21)35-8-10-39-11-9-35/h2-4,6,12-15,19H,5,7-11,16-17H2,1H3,(H,32,37)(H,33,38)/t19-/m0/s1. The molecule has 0 saturated carbocycles. The average Bonchev–Trinajstić information content (AvgIpc) is 3.37. The third-order valence-corrected chi connectivity index (χ3v) is 7.08. The number of aromatic hydroxyl groups is 1. The molecule has 11 heteroatoms. The summed E-state index contributed by atoms with van der Waals surface area (Å²) in [5.41, 5.74) is 4.64. The molecule has 2 aliphatic rings. The summed E-state index contributed by atoms with van der Waals surface area (Å²) in [5, 5.41) is 12.8. The number of carbonyl (C=O) groups is 1. The van der Waals surface area contributed by atoms with Gasteiger partial charge in [0, 0.05) is 56.1 Å². The summed E-state index contributed by atoms with van der Waals surface area (Å²) in [5.74, 6) is 0.0856. The largest absolute Gasteiger partial charge is 0.493 e. The number of amides is 2. The van der Waals surface area contributed by atoms with Crippen molar-refractivity contribution >= 4 is 17.5 Å². The SMILES string of the molecule is Cc1ccc(NC(=O)N2CC[C@@H](CC(F)(F)F)C2)cc1-c1cc(-c2ccnc(O)c2)nc(N2CCOCC2)c1. The highest BCUT2D eigenvalue weighted by Crippen LogP contribution is 2.34. The van der Waals surface area contributed by atoms with Crippen LogP contribution in [0.4, 0.5) is 29.5 Å². The van der Waals surface area contributed by atoms with E-state index in [2.05, 4.69) is 15.2 Å². The number of halogens is 3. The Morgan fingerprint density at radius 1 is 1.10 bits per heavy atom. The van der Waals surface area contributed by atoms with E-state index in [0.717, 1.165) is 22.5 Å². The molecule has 0 bridgehead atoms. The van der Waals surface area contributed by atoms with Crippen LogP contribution in [0, 0.1) is 12.8 Å². The molecule has 2 amide bonds. The highest BCUT2D eigenvalue weighted by molar-refractivity contribution is 5.91. The zero-order valence-electron chi connectivity index (χ0n) is 21.5. The summed E-state index contributed by atoms with van der Waals surface area (Å²) in [6.07, 6.45) is -3.26. The monoisotopic (exact) mass is 541 g/mol. The lowest BCUT2D eigenvalue weighted by Gasteiger charge is -2.28. The maximum atomic E-state index is 12.9. The van der Waals surface area contributed by atoms with Gasteiger partial charge in [0.1, 0.15) is 5.82 Å². The first-order chi connectivity index (χ1) is 18.6. The van der Waals surface area contributed by atoms with Gasteiger partial charge in [-0.15, -0.1) is 0 Å². The van der Waals surface area contributed by atoms with Gasteiger partial charge in [-0.05, 0) is 66.3 Å². The van der Waals surface area contributed by atoms with E-state index in [0.29, 0.717) is 56.2 Å². The van der Waals surface area contributed by atoms with E-state index in [1.165, 1.54) is 11.1 Å². The minimum Gasteiger partial charge on any atom is -0.493 e. The number of carbonyl (C=O) groups excluding carboxylic acids is 1. The number of nitrogens with one attached hydrogen (secondary N) is 1. The molecule has 2 N–H and O–H groups in total. The fraction of sp³-hybridized carbons (Fsp3) is 0.393. The van der Waals surface area contributed by atoms with Gasteiger partial charge in [0.05, 0.1) is 18.9 Å². The summed E-state index contributed by atoms with van der Waals surface area (Å²) in [6.45, 7) is 4.92. The van der Waals surface area contributed by atoms with E-state index in [4.69, 9.17) is 9.72 Å². The first-order valence-corrected chi connectivity index (χ1v) is 12.9. The van der Waals surface area contributed by atoms with Crippen molar-refractivity contribution in [1.82, 2.24) is 14.9 Å². The molecule has 1 aromatic carbocycles. The number of anilines is 2. The molecule has 39 heavy (non-hydrogen) atoms. The van der Waals surface area contributed by atoms with Crippen LogP contribution in [0.2, 0.25) is 0 Å². The van der Waals surface area contributed by atoms with E-state index in [-0.39, 0.29) is 12.4 Å². The number of morpholine rings is 1. The Morgan fingerprint density at radius 3 is 2.64 bits per heavy atom. The van der Waals surface area contributed by atoms with Crippen molar-refractivity contribution in [2.45, 2.75) is 25.9 Å². The maximum absolute atomic E-state index is 12.9. The Morgan fingerprint density at radius 2 is 1.90 bits per heavy atom. The van der Waals surface area contributed by atoms with Crippen molar-refractivity contribution in [2.24, 2.45) is 5.92 Å². The number of aromatic nitrogens is 2. The van der Waals surface area contributed by atoms with Crippen LogP contribution in [0.3, 0.4) is 0 Å². The van der Waals surface area contributed by atoms with E-state index >= 15 is 0 Å². The van der Waals surface area contributed by atoms with Crippen molar-refractivity contribution in [3.8, 4) is 28.3 Å². The van der Waals surface area contributed by atoms with Crippen LogP contribution in [0.25, 0.3) is 22.4 Å². The van der Waals surface area contributed by atoms with Crippen molar-refractivity contribution in [3.05, 3.63) is 54.2 Å². The minimum atomic E-state index is -4.23. The number of rotatable bonds is 5. The molecule has 2 aliphatic heterocycles. The Labute approximate surface area is 224 Å². The zero-order chi connectivity index (χ0) is 27.6. The van der Waals surface area contributed by atoms with Crippen LogP contribution >= 0.6 is 0 Å². The molecule has 0 unspecified atom stereocenters. The summed E-state index contributed by atoms with van der Waals surface area (Å²) in [4.78, 5) is 25.2. The van der Waals surface area contributed by atoms with E-state index in [1.807, 2.05) is 31.2 Å². The van der Waals surface area contributed by atoms with Crippen molar-refractivity contribution in [3.63, 3.8) is 0 Å². The number of benzene rings is 1. The predicted octanol–water partition coefficient (Wildman–Crippen LogP) is 5.47. The predicted molar refractivity (Wildman–Crippen MR) is 142 cm³/mol. The molecule has 2 aromatic heterocycles. The van der Waals surface area contributed by atoms with Crippen LogP contribution in [0.5, 0.6) is 5.88 Å². The van der Waals surface area contributed by atoms with E-state index in [1.54, 1.807) is 18.2 Å². The quantitative estimate of drug-likeness (QED) is 0.446. The number of alkyl halides is 3. The van der Waals surface area contributed by atoms with Gasteiger partial charge in [-0.1, -0.05) is 6.07 Å². The van der Waals surface area contributed by atoms with Gasteiger partial charge in [0.15, 0.2) is 0 Å². The van der Waals surface area contributed by atoms with Gasteiger partial charge in [-0.25, -0.2) is 14.8 Å². The second kappa shape index (κ2) is 11.1. The lowest BCUT2D eigenvalue weighted by Crippen LogP contribution is -2.36. The third kappa shape index (κ3) is 6.59. The fourth-order valence-electron chi connectivity index (χ4n) is 5.08. The highest BCUT2D eigenvalue weighted by atomic mass is 19.4. The number of pyridine rings is 2. The second-order valence-corrected chi connectivity index (χ2v) is 9.98. The molecule has 0 spiro atoms. The summed E-state index contributed by atoms with van der Waals surface area (Å²) >= 11 is 0. The van der Waals surface area contributed by atoms with Crippen LogP contribution in [-0.2, 0) is 4.74 Å². The van der Waals surface area contributed by atoms with Gasteiger partial charge in [-0.3, -0.25) is 0 Å². The molecular weight excluding hydrogens is 511 g/mol. The van der Waals surface area contributed by atoms with Crippen molar-refractivity contribution < 1.29 is 27.8 Å². The molecule has 2 fully saturated rings. The molecule has 0 aliphatic carbocycles. The summed E-state index contributed by atoms with van der Waals surface area (Å²) < 4.78 is 43.8. The Balaban J connectivity index is 1.43. The molecule has 1 atom stereocenters. The van der Waals surface area contributed by atoms with Crippen molar-refractivity contribution in [1.29, 1.82) is 0 Å². The first kappa shape index (κ1) is 26.7. The maximum Gasteiger partial charge on any atom is 0.389 e. The molecule has 206 valence electrons. The fourth-order valence-corrected chi connectivity index (χ4v) is 5.08. The molecule has 8 nitrogen and oxygen atoms in total. The minimum absolute atomic E-state index is 0.0828. The zero-order valence-corrected chi connectivity index (χ0v) is 21.5. The van der Waals surface area contributed by atoms with Crippen LogP contribution in [0.15, 0.2) is 48.7 Å². The Bertz CT molecular complexity index is 1340. The molecule has 4 heterocycles. The normalized spacial score (nSPS) is 17.9. The van der Waals surface area contributed by atoms with Gasteiger partial charge in [-0.2, -0.15) is 13.2 Å². The number of urea groups is 1. The number of likely N-dealkylation sites (tertiary alicyclic amines) is 1. The first-order valence-electron chi connectivity index (χ1n) is 12.9. The summed E-state index contributed by atoms with van der Waals surface area (Å²) in [6, 6.07) is 12.4. The Kier molecular flexibility index (Phi) is 7.60. The number of hydrogen-bond acceptors (Lipinski definition) is 6. The van der Waals surface area contributed by atoms with Crippen LogP contribution < -0.4 is 10.2 Å². The number of hydrogen-bond donors (Lipinski definition) is 2. The molecule has 0 radical (unpaired) electrons. The molecule has 3 aromatic rings. The average molecular weight is 542 g/mol. The highest BCUT2D eigenvalue weighted by Gasteiger charge is 2.36. The van der Waals surface area contributed by atoms with Gasteiger partial charge >= 0.3 is 12.2 Å². The second-order valence-electron chi connectivity index (χ2n) is 9.98. The third-order valence-electron chi connectivity index (χ3n) is 7.08. The number of ether oxygens (including phenoxy) is 1. The molecular formula is C28H30F3N5O3. The lowest BCUT2D eigenvalue weighted by atomic mass is 9.98. The smallest absolute Gasteiger partial charge is 0.389 e. The van der Waals surface area contributed by atoms with Gasteiger partial charge in [0.25, 0.3) is 0 Å². The van der Waals surface area contributed by atoms with Crippen LogP contribution in [-0.4, -0.2) is 71.6 Å². The van der Waals surface area contributed by atoms with Crippen LogP contribution in [0.1, 0.15) is 18.4 Å². The summed E-state index contributed by atoms with van der Waals surface area (Å²) in [7, 11) is 0. The topological polar surface area (TPSA) is 90.8 Å². The molecule has 2 saturated heterocycles. The lowest BCUT2D eigenvalue weighted by molar-refractivity contribution is -0.143. The van der Waals surface area contributed by atoms with E-state index < -0.39 is 24.5 Å². The molecule has 5 rings (SSSR count). The van der Waals surface area contributed by atoms with E-state index in [9.17, 15) is 23.1 Å².